The van der Waals surface area contributed by atoms with Crippen molar-refractivity contribution in [3.8, 4) is 5.75 Å². The van der Waals surface area contributed by atoms with E-state index in [1.807, 2.05) is 0 Å². The number of carboxylic acid groups (broad SMARTS) is 1. The number of aromatic carboxylic acids is 1. The molecule has 0 spiro atoms. The molecule has 2 rings (SSSR count). The van der Waals surface area contributed by atoms with E-state index in [4.69, 9.17) is 5.11 Å². The lowest BCUT2D eigenvalue weighted by Crippen LogP contribution is -2.16. The number of amides is 1. The van der Waals surface area contributed by atoms with Crippen LogP contribution in [0.15, 0.2) is 48.5 Å². The van der Waals surface area contributed by atoms with Crippen LogP contribution in [0.1, 0.15) is 20.7 Å². The van der Waals surface area contributed by atoms with Crippen molar-refractivity contribution in [2.24, 2.45) is 0 Å². The fraction of sp³-hybridized carbons (Fsp3) is 0. The third-order valence-electron chi connectivity index (χ3n) is 2.51. The van der Waals surface area contributed by atoms with Crippen molar-refractivity contribution < 1.29 is 19.8 Å². The van der Waals surface area contributed by atoms with Gasteiger partial charge in [0.25, 0.3) is 5.91 Å². The Hall–Kier alpha value is -2.82. The average Bonchev–Trinajstić information content (AvgIpc) is 2.39. The van der Waals surface area contributed by atoms with Gasteiger partial charge in [-0.05, 0) is 30.3 Å². The van der Waals surface area contributed by atoms with Crippen molar-refractivity contribution in [3.63, 3.8) is 0 Å². The highest BCUT2D eigenvalue weighted by Crippen LogP contribution is 2.18. The predicted molar refractivity (Wildman–Crippen MR) is 69.5 cm³/mol. The Bertz CT molecular complexity index is 623. The number of phenols is 1. The maximum atomic E-state index is 12.0. The number of carboxylic acids is 1. The number of aromatic hydroxyl groups is 1. The molecule has 0 fully saturated rings. The van der Waals surface area contributed by atoms with Crippen molar-refractivity contribution in [1.29, 1.82) is 0 Å². The number of anilines is 1. The lowest BCUT2D eigenvalue weighted by atomic mass is 10.1. The number of nitrogens with one attached hydrogen (secondary N) is 1. The molecular weight excluding hydrogens is 246 g/mol. The molecule has 0 bridgehead atoms. The molecule has 0 saturated heterocycles. The van der Waals surface area contributed by atoms with Gasteiger partial charge >= 0.3 is 5.97 Å². The van der Waals surface area contributed by atoms with Crippen LogP contribution in [0, 0.1) is 0 Å². The molecule has 2 aromatic carbocycles. The van der Waals surface area contributed by atoms with Gasteiger partial charge in [-0.1, -0.05) is 18.2 Å². The van der Waals surface area contributed by atoms with E-state index in [9.17, 15) is 14.7 Å². The number of carbonyl (C=O) groups is 2. The molecule has 0 saturated carbocycles. The van der Waals surface area contributed by atoms with Gasteiger partial charge in [0.1, 0.15) is 5.75 Å². The molecule has 0 aromatic heterocycles. The van der Waals surface area contributed by atoms with E-state index in [1.165, 1.54) is 12.1 Å². The van der Waals surface area contributed by atoms with Gasteiger partial charge < -0.3 is 15.5 Å². The highest BCUT2D eigenvalue weighted by molar-refractivity contribution is 6.10. The second kappa shape index (κ2) is 5.22. The summed E-state index contributed by atoms with van der Waals surface area (Å²) in [4.78, 5) is 23.0. The molecule has 0 aliphatic rings. The third-order valence-corrected chi connectivity index (χ3v) is 2.51. The van der Waals surface area contributed by atoms with Gasteiger partial charge in [-0.15, -0.1) is 0 Å². The number of carbonyl (C=O) groups excluding carboxylic acids is 1. The lowest BCUT2D eigenvalue weighted by Gasteiger charge is -2.08. The summed E-state index contributed by atoms with van der Waals surface area (Å²) in [7, 11) is 0. The van der Waals surface area contributed by atoms with E-state index in [0.29, 0.717) is 5.69 Å². The monoisotopic (exact) mass is 257 g/mol. The Morgan fingerprint density at radius 3 is 2.26 bits per heavy atom. The van der Waals surface area contributed by atoms with Crippen LogP contribution in [0.2, 0.25) is 0 Å². The molecule has 0 aliphatic heterocycles. The molecule has 5 heteroatoms. The summed E-state index contributed by atoms with van der Waals surface area (Å²) in [6, 6.07) is 12.2. The summed E-state index contributed by atoms with van der Waals surface area (Å²) in [5, 5.41) is 20.9. The van der Waals surface area contributed by atoms with Crippen LogP contribution >= 0.6 is 0 Å². The summed E-state index contributed by atoms with van der Waals surface area (Å²) in [6.45, 7) is 0. The smallest absolute Gasteiger partial charge is 0.336 e. The van der Waals surface area contributed by atoms with Crippen molar-refractivity contribution in [2.45, 2.75) is 0 Å². The van der Waals surface area contributed by atoms with Crippen LogP contribution in [0.25, 0.3) is 0 Å². The minimum absolute atomic E-state index is 0.0867. The number of phenolic OH excluding ortho intramolecular Hbond substituents is 1. The first kappa shape index (κ1) is 12.6. The highest BCUT2D eigenvalue weighted by atomic mass is 16.4. The second-order valence-electron chi connectivity index (χ2n) is 3.86. The Kier molecular flexibility index (Phi) is 3.47. The normalized spacial score (nSPS) is 9.89. The number of rotatable bonds is 3. The van der Waals surface area contributed by atoms with E-state index in [1.54, 1.807) is 30.3 Å². The SMILES string of the molecule is O=C(O)c1ccc(O)cc1C(=O)Nc1ccccc1. The Morgan fingerprint density at radius 2 is 1.63 bits per heavy atom. The molecule has 96 valence electrons. The minimum Gasteiger partial charge on any atom is -0.508 e. The van der Waals surface area contributed by atoms with Crippen LogP contribution in [-0.4, -0.2) is 22.1 Å². The lowest BCUT2D eigenvalue weighted by molar-refractivity contribution is 0.0692. The van der Waals surface area contributed by atoms with Crippen LogP contribution in [0.4, 0.5) is 5.69 Å². The van der Waals surface area contributed by atoms with E-state index in [0.717, 1.165) is 6.07 Å². The maximum Gasteiger partial charge on any atom is 0.336 e. The van der Waals surface area contributed by atoms with Gasteiger partial charge in [0.05, 0.1) is 11.1 Å². The summed E-state index contributed by atoms with van der Waals surface area (Å²) < 4.78 is 0. The summed E-state index contributed by atoms with van der Waals surface area (Å²) in [5.74, 6) is -1.97. The average molecular weight is 257 g/mol. The fourth-order valence-corrected chi connectivity index (χ4v) is 1.63. The molecular formula is C14H11NO4. The molecule has 5 nitrogen and oxygen atoms in total. The number of para-hydroxylation sites is 1. The van der Waals surface area contributed by atoms with Gasteiger partial charge in [-0.2, -0.15) is 0 Å². The largest absolute Gasteiger partial charge is 0.508 e. The molecule has 1 amide bonds. The Balaban J connectivity index is 2.33. The predicted octanol–water partition coefficient (Wildman–Crippen LogP) is 2.34. The van der Waals surface area contributed by atoms with Gasteiger partial charge in [0.2, 0.25) is 0 Å². The Labute approximate surface area is 109 Å². The second-order valence-corrected chi connectivity index (χ2v) is 3.86. The van der Waals surface area contributed by atoms with Crippen LogP contribution in [0.3, 0.4) is 0 Å². The van der Waals surface area contributed by atoms with Crippen LogP contribution in [0.5, 0.6) is 5.75 Å². The number of hydrogen-bond acceptors (Lipinski definition) is 3. The number of benzene rings is 2. The standard InChI is InChI=1S/C14H11NO4/c16-10-6-7-11(14(18)19)12(8-10)13(17)15-9-4-2-1-3-5-9/h1-8,16H,(H,15,17)(H,18,19). The topological polar surface area (TPSA) is 86.6 Å². The highest BCUT2D eigenvalue weighted by Gasteiger charge is 2.17. The van der Waals surface area contributed by atoms with Crippen molar-refractivity contribution in [3.05, 3.63) is 59.7 Å². The zero-order valence-corrected chi connectivity index (χ0v) is 9.83. The quantitative estimate of drug-likeness (QED) is 0.787. The molecule has 2 aromatic rings. The van der Waals surface area contributed by atoms with Crippen LogP contribution in [-0.2, 0) is 0 Å². The molecule has 0 aliphatic carbocycles. The molecule has 0 unspecified atom stereocenters. The zero-order chi connectivity index (χ0) is 13.8. The van der Waals surface area contributed by atoms with Crippen molar-refractivity contribution in [1.82, 2.24) is 0 Å². The summed E-state index contributed by atoms with van der Waals surface area (Å²) >= 11 is 0. The van der Waals surface area contributed by atoms with Gasteiger partial charge in [0.15, 0.2) is 0 Å². The molecule has 3 N–H and O–H groups in total. The van der Waals surface area contributed by atoms with Gasteiger partial charge in [-0.3, -0.25) is 4.79 Å². The van der Waals surface area contributed by atoms with E-state index in [2.05, 4.69) is 5.32 Å². The van der Waals surface area contributed by atoms with Gasteiger partial charge in [-0.25, -0.2) is 4.79 Å². The first-order chi connectivity index (χ1) is 9.08. The fourth-order valence-electron chi connectivity index (χ4n) is 1.63. The summed E-state index contributed by atoms with van der Waals surface area (Å²) in [6.07, 6.45) is 0. The van der Waals surface area contributed by atoms with Crippen molar-refractivity contribution in [2.75, 3.05) is 5.32 Å². The zero-order valence-electron chi connectivity index (χ0n) is 9.83. The first-order valence-electron chi connectivity index (χ1n) is 5.50. The maximum absolute atomic E-state index is 12.0. The van der Waals surface area contributed by atoms with Crippen LogP contribution < -0.4 is 5.32 Å². The molecule has 0 heterocycles. The third kappa shape index (κ3) is 2.90. The van der Waals surface area contributed by atoms with E-state index < -0.39 is 11.9 Å². The molecule has 0 atom stereocenters. The Morgan fingerprint density at radius 1 is 0.947 bits per heavy atom. The van der Waals surface area contributed by atoms with Gasteiger partial charge in [0, 0.05) is 5.69 Å². The molecule has 0 radical (unpaired) electrons. The van der Waals surface area contributed by atoms with E-state index in [-0.39, 0.29) is 16.9 Å². The van der Waals surface area contributed by atoms with E-state index >= 15 is 0 Å². The molecule has 19 heavy (non-hydrogen) atoms. The summed E-state index contributed by atoms with van der Waals surface area (Å²) in [5.41, 5.74) is 0.301. The first-order valence-corrected chi connectivity index (χ1v) is 5.50. The number of hydrogen-bond donors (Lipinski definition) is 3. The van der Waals surface area contributed by atoms with Crippen molar-refractivity contribution >= 4 is 17.6 Å². The minimum atomic E-state index is -1.22.